The molecule has 5 nitrogen and oxygen atoms in total. The Labute approximate surface area is 193 Å². The molecule has 1 N–H and O–H groups in total. The topological polar surface area (TPSA) is 57.8 Å². The summed E-state index contributed by atoms with van der Waals surface area (Å²) in [7, 11) is 2.11. The number of fused-ring (bicyclic) bond motifs is 3. The van der Waals surface area contributed by atoms with Crippen LogP contribution in [0.25, 0.3) is 34.1 Å². The van der Waals surface area contributed by atoms with Crippen molar-refractivity contribution in [2.24, 2.45) is 0 Å². The molecule has 0 amide bonds. The quantitative estimate of drug-likeness (QED) is 0.313. The lowest BCUT2D eigenvalue weighted by Gasteiger charge is -2.24. The molecule has 0 radical (unpaired) electrons. The van der Waals surface area contributed by atoms with Gasteiger partial charge in [0.2, 0.25) is 0 Å². The van der Waals surface area contributed by atoms with Gasteiger partial charge < -0.3 is 4.90 Å². The minimum atomic E-state index is 0.323. The Morgan fingerprint density at radius 3 is 2.79 bits per heavy atom. The summed E-state index contributed by atoms with van der Waals surface area (Å²) in [4.78, 5) is 11.5. The Balaban J connectivity index is 1.82. The molecule has 1 aliphatic heterocycles. The van der Waals surface area contributed by atoms with Gasteiger partial charge in [-0.15, -0.1) is 0 Å². The standard InChI is InChI=1S/C28H25N5/c1-4-5-10-23(29)25-17-20(18-26(31-25)24-11-6-7-14-30-24)33-27-13-12-19(2)16-22(27)21-9-8-15-32(3)28(21)33/h4-14,16-18,29H,1,15H2,2-3H3/b10-5-,29-23?. The highest BCUT2D eigenvalue weighted by Gasteiger charge is 2.23. The highest BCUT2D eigenvalue weighted by Crippen LogP contribution is 2.39. The van der Waals surface area contributed by atoms with Crippen molar-refractivity contribution in [3.63, 3.8) is 0 Å². The second kappa shape index (κ2) is 8.36. The zero-order chi connectivity index (χ0) is 22.9. The van der Waals surface area contributed by atoms with E-state index >= 15 is 0 Å². The van der Waals surface area contributed by atoms with E-state index in [0.717, 1.165) is 35.0 Å². The number of hydrogen-bond acceptors (Lipinski definition) is 4. The summed E-state index contributed by atoms with van der Waals surface area (Å²) in [5, 5.41) is 9.80. The predicted octanol–water partition coefficient (Wildman–Crippen LogP) is 5.97. The van der Waals surface area contributed by atoms with Gasteiger partial charge in [0.1, 0.15) is 5.82 Å². The summed E-state index contributed by atoms with van der Waals surface area (Å²) in [6.45, 7) is 6.68. The van der Waals surface area contributed by atoms with Gasteiger partial charge in [-0.1, -0.05) is 48.6 Å². The summed E-state index contributed by atoms with van der Waals surface area (Å²) < 4.78 is 2.27. The van der Waals surface area contributed by atoms with Crippen LogP contribution in [0.3, 0.4) is 0 Å². The van der Waals surface area contributed by atoms with Crippen molar-refractivity contribution < 1.29 is 0 Å². The zero-order valence-corrected chi connectivity index (χ0v) is 18.8. The SMILES string of the molecule is C=C/C=C\C(=N)c1cc(-n2c3c(c4cc(C)ccc42)C=CCN3C)cc(-c2ccccn2)n1. The van der Waals surface area contributed by atoms with Crippen LogP contribution in [0.1, 0.15) is 16.8 Å². The number of aromatic nitrogens is 3. The van der Waals surface area contributed by atoms with Crippen molar-refractivity contribution in [2.45, 2.75) is 6.92 Å². The number of nitrogens with one attached hydrogen (secondary N) is 1. The molecule has 4 aromatic rings. The molecule has 5 rings (SSSR count). The smallest absolute Gasteiger partial charge is 0.121 e. The van der Waals surface area contributed by atoms with E-state index in [9.17, 15) is 0 Å². The van der Waals surface area contributed by atoms with Gasteiger partial charge in [-0.05, 0) is 49.4 Å². The van der Waals surface area contributed by atoms with Gasteiger partial charge in [-0.3, -0.25) is 15.0 Å². The second-order valence-corrected chi connectivity index (χ2v) is 8.20. The van der Waals surface area contributed by atoms with Crippen LogP contribution in [-0.4, -0.2) is 33.8 Å². The van der Waals surface area contributed by atoms with E-state index in [-0.39, 0.29) is 0 Å². The number of nitrogens with zero attached hydrogens (tertiary/aromatic N) is 4. The summed E-state index contributed by atoms with van der Waals surface area (Å²) >= 11 is 0. The lowest BCUT2D eigenvalue weighted by Crippen LogP contribution is -2.22. The van der Waals surface area contributed by atoms with Crippen molar-refractivity contribution in [3.8, 4) is 17.1 Å². The third-order valence-corrected chi connectivity index (χ3v) is 5.83. The fraction of sp³-hybridized carbons (Fsp3) is 0.107. The number of anilines is 1. The first-order chi connectivity index (χ1) is 16.1. The van der Waals surface area contributed by atoms with Gasteiger partial charge in [0.25, 0.3) is 0 Å². The summed E-state index contributed by atoms with van der Waals surface area (Å²) in [6.07, 6.45) is 11.3. The molecule has 0 fully saturated rings. The molecule has 5 heteroatoms. The fourth-order valence-electron chi connectivity index (χ4n) is 4.31. The molecule has 0 bridgehead atoms. The number of likely N-dealkylation sites (N-methyl/N-ethyl adjacent to an activating group) is 1. The average Bonchev–Trinajstić information content (AvgIpc) is 3.17. The van der Waals surface area contributed by atoms with Crippen LogP contribution in [0.15, 0.2) is 85.6 Å². The van der Waals surface area contributed by atoms with Crippen LogP contribution < -0.4 is 4.90 Å². The molecule has 162 valence electrons. The molecule has 0 atom stereocenters. The van der Waals surface area contributed by atoms with Gasteiger partial charge >= 0.3 is 0 Å². The van der Waals surface area contributed by atoms with E-state index < -0.39 is 0 Å². The normalized spacial score (nSPS) is 13.0. The molecule has 1 aromatic carbocycles. The number of allylic oxidation sites excluding steroid dienone is 3. The number of pyridine rings is 2. The molecule has 33 heavy (non-hydrogen) atoms. The van der Waals surface area contributed by atoms with Crippen molar-refractivity contribution in [1.82, 2.24) is 14.5 Å². The third kappa shape index (κ3) is 3.68. The maximum absolute atomic E-state index is 8.58. The van der Waals surface area contributed by atoms with E-state index in [2.05, 4.69) is 71.4 Å². The fourth-order valence-corrected chi connectivity index (χ4v) is 4.31. The van der Waals surface area contributed by atoms with Gasteiger partial charge in [-0.2, -0.15) is 0 Å². The van der Waals surface area contributed by atoms with Gasteiger partial charge in [0.15, 0.2) is 0 Å². The lowest BCUT2D eigenvalue weighted by atomic mass is 10.1. The minimum absolute atomic E-state index is 0.323. The van der Waals surface area contributed by atoms with Crippen molar-refractivity contribution in [1.29, 1.82) is 5.41 Å². The Bertz CT molecular complexity index is 1440. The molecular weight excluding hydrogens is 406 g/mol. The van der Waals surface area contributed by atoms with E-state index in [1.807, 2.05) is 24.3 Å². The number of benzene rings is 1. The molecule has 0 spiro atoms. The van der Waals surface area contributed by atoms with Gasteiger partial charge in [-0.25, -0.2) is 4.98 Å². The molecule has 1 aliphatic rings. The molecule has 4 heterocycles. The maximum atomic E-state index is 8.58. The number of rotatable bonds is 5. The molecule has 0 aliphatic carbocycles. The Morgan fingerprint density at radius 2 is 2.00 bits per heavy atom. The first-order valence-electron chi connectivity index (χ1n) is 10.9. The Morgan fingerprint density at radius 1 is 1.12 bits per heavy atom. The second-order valence-electron chi connectivity index (χ2n) is 8.20. The molecule has 3 aromatic heterocycles. The molecule has 0 unspecified atom stereocenters. The van der Waals surface area contributed by atoms with Crippen LogP contribution in [0, 0.1) is 12.3 Å². The van der Waals surface area contributed by atoms with E-state index in [1.54, 1.807) is 24.4 Å². The third-order valence-electron chi connectivity index (χ3n) is 5.83. The largest absolute Gasteiger partial charge is 0.357 e. The lowest BCUT2D eigenvalue weighted by molar-refractivity contribution is 0.943. The van der Waals surface area contributed by atoms with Crippen molar-refractivity contribution in [3.05, 3.63) is 102 Å². The van der Waals surface area contributed by atoms with Crippen LogP contribution in [0.2, 0.25) is 0 Å². The van der Waals surface area contributed by atoms with Gasteiger partial charge in [0.05, 0.1) is 34.0 Å². The van der Waals surface area contributed by atoms with Crippen LogP contribution in [0.4, 0.5) is 5.82 Å². The number of hydrogen-bond donors (Lipinski definition) is 1. The molecule has 0 saturated heterocycles. The highest BCUT2D eigenvalue weighted by atomic mass is 15.2. The van der Waals surface area contributed by atoms with Crippen LogP contribution >= 0.6 is 0 Å². The Hall–Kier alpha value is -4.25. The summed E-state index contributed by atoms with van der Waals surface area (Å²) in [5.41, 5.74) is 6.93. The zero-order valence-electron chi connectivity index (χ0n) is 18.8. The highest BCUT2D eigenvalue weighted by molar-refractivity contribution is 6.06. The summed E-state index contributed by atoms with van der Waals surface area (Å²) in [5.74, 6) is 1.13. The summed E-state index contributed by atoms with van der Waals surface area (Å²) in [6, 6.07) is 16.4. The number of aryl methyl sites for hydroxylation is 1. The van der Waals surface area contributed by atoms with E-state index in [0.29, 0.717) is 11.4 Å². The predicted molar refractivity (Wildman–Crippen MR) is 138 cm³/mol. The maximum Gasteiger partial charge on any atom is 0.121 e. The monoisotopic (exact) mass is 431 g/mol. The first kappa shape index (κ1) is 20.6. The van der Waals surface area contributed by atoms with Gasteiger partial charge in [0, 0.05) is 30.7 Å². The molecular formula is C28H25N5. The Kier molecular flexibility index (Phi) is 5.23. The van der Waals surface area contributed by atoms with E-state index in [1.165, 1.54) is 16.5 Å². The van der Waals surface area contributed by atoms with Crippen molar-refractivity contribution in [2.75, 3.05) is 18.5 Å². The first-order valence-corrected chi connectivity index (χ1v) is 10.9. The van der Waals surface area contributed by atoms with E-state index in [4.69, 9.17) is 10.4 Å². The minimum Gasteiger partial charge on any atom is -0.357 e. The van der Waals surface area contributed by atoms with Crippen LogP contribution in [0.5, 0.6) is 0 Å². The van der Waals surface area contributed by atoms with Crippen LogP contribution in [-0.2, 0) is 0 Å². The average molecular weight is 432 g/mol. The molecule has 0 saturated carbocycles. The van der Waals surface area contributed by atoms with Crippen molar-refractivity contribution >= 4 is 28.5 Å².